The molecule has 1 saturated heterocycles. The Hall–Kier alpha value is -8.70. The molecule has 13 atom stereocenters. The summed E-state index contributed by atoms with van der Waals surface area (Å²) < 4.78 is 55.3. The second-order valence-electron chi connectivity index (χ2n) is 29.5. The van der Waals surface area contributed by atoms with Gasteiger partial charge < -0.3 is 89.9 Å². The number of aliphatic hydroxyl groups is 1. The van der Waals surface area contributed by atoms with Crippen LogP contribution in [0, 0.1) is 22.7 Å². The van der Waals surface area contributed by atoms with Crippen molar-refractivity contribution in [2.45, 2.75) is 199 Å². The van der Waals surface area contributed by atoms with Crippen molar-refractivity contribution in [3.8, 4) is 0 Å². The molecule has 101 heavy (non-hydrogen) atoms. The zero-order valence-corrected chi connectivity index (χ0v) is 61.0. The van der Waals surface area contributed by atoms with E-state index in [1.54, 1.807) is 121 Å². The highest BCUT2D eigenvalue weighted by Gasteiger charge is 2.78. The molecule has 1 aliphatic heterocycles. The predicted octanol–water partition coefficient (Wildman–Crippen LogP) is 7.20. The number of urea groups is 1. The summed E-state index contributed by atoms with van der Waals surface area (Å²) in [6, 6.07) is 18.6. The highest BCUT2D eigenvalue weighted by Crippen LogP contribution is 2.65. The molecular weight excluding hydrogens is 1310 g/mol. The van der Waals surface area contributed by atoms with Crippen LogP contribution in [0.5, 0.6) is 0 Å². The maximum atomic E-state index is 16.0. The molecule has 554 valence electrons. The summed E-state index contributed by atoms with van der Waals surface area (Å²) >= 11 is 0. The van der Waals surface area contributed by atoms with E-state index in [9.17, 15) is 43.5 Å². The van der Waals surface area contributed by atoms with Gasteiger partial charge in [-0.3, -0.25) is 19.2 Å². The summed E-state index contributed by atoms with van der Waals surface area (Å²) in [6.45, 7) is 21.5. The average molecular weight is 1410 g/mol. The molecule has 0 aromatic heterocycles. The lowest BCUT2D eigenvalue weighted by Gasteiger charge is -2.67. The highest BCUT2D eigenvalue weighted by molar-refractivity contribution is 5.98. The van der Waals surface area contributed by atoms with Gasteiger partial charge in [0.2, 0.25) is 17.9 Å². The first kappa shape index (κ1) is 79.6. The number of benzene rings is 3. The fraction of sp³-hybridized carbons (Fsp3) is 0.589. The second kappa shape index (κ2) is 32.5. The number of esters is 3. The molecule has 2 saturated carbocycles. The lowest BCUT2D eigenvalue weighted by Crippen LogP contribution is -2.82. The van der Waals surface area contributed by atoms with Crippen LogP contribution in [0.3, 0.4) is 0 Å². The molecule has 2 bridgehead atoms. The smallest absolute Gasteiger partial charge is 0.410 e. The minimum atomic E-state index is -2.38. The van der Waals surface area contributed by atoms with Crippen molar-refractivity contribution in [1.82, 2.24) is 31.1 Å². The molecule has 0 radical (unpaired) electrons. The van der Waals surface area contributed by atoms with Crippen LogP contribution in [0.1, 0.15) is 143 Å². The normalized spacial score (nSPS) is 24.8. The summed E-state index contributed by atoms with van der Waals surface area (Å²) in [5, 5.41) is 28.4. The number of amides is 7. The number of nitrogens with zero attached hydrogens (tertiary/aromatic N) is 2. The molecule has 28 heteroatoms. The van der Waals surface area contributed by atoms with Crippen LogP contribution in [-0.2, 0) is 73.2 Å². The quantitative estimate of drug-likeness (QED) is 0.0181. The van der Waals surface area contributed by atoms with E-state index in [0.717, 1.165) is 4.90 Å². The highest BCUT2D eigenvalue weighted by atomic mass is 16.6. The van der Waals surface area contributed by atoms with Gasteiger partial charge in [-0.1, -0.05) is 88.4 Å². The van der Waals surface area contributed by atoms with Gasteiger partial charge in [0, 0.05) is 84.4 Å². The third-order valence-electron chi connectivity index (χ3n) is 19.4. The van der Waals surface area contributed by atoms with Gasteiger partial charge in [-0.05, 0) is 121 Å². The van der Waals surface area contributed by atoms with Crippen molar-refractivity contribution in [2.75, 3.05) is 59.9 Å². The number of rotatable bonds is 26. The van der Waals surface area contributed by atoms with Crippen LogP contribution in [0.15, 0.2) is 96.1 Å². The number of likely N-dealkylation sites (N-methyl/N-ethyl adjacent to an activating group) is 2. The van der Waals surface area contributed by atoms with E-state index in [1.165, 1.54) is 52.3 Å². The summed E-state index contributed by atoms with van der Waals surface area (Å²) in [4.78, 5) is 143. The van der Waals surface area contributed by atoms with Crippen molar-refractivity contribution < 1.29 is 95.7 Å². The van der Waals surface area contributed by atoms with Crippen molar-refractivity contribution in [1.29, 1.82) is 0 Å². The molecule has 3 fully saturated rings. The minimum absolute atomic E-state index is 0.0475. The van der Waals surface area contributed by atoms with E-state index in [-0.39, 0.29) is 79.8 Å². The second-order valence-corrected chi connectivity index (χ2v) is 29.5. The van der Waals surface area contributed by atoms with Crippen LogP contribution < -0.4 is 32.3 Å². The van der Waals surface area contributed by atoms with Gasteiger partial charge in [0.25, 0.3) is 0 Å². The first-order valence-electron chi connectivity index (χ1n) is 33.9. The Labute approximate surface area is 590 Å². The lowest BCUT2D eigenvalue weighted by molar-refractivity contribution is -0.347. The third kappa shape index (κ3) is 18.3. The third-order valence-corrected chi connectivity index (χ3v) is 19.4. The van der Waals surface area contributed by atoms with E-state index >= 15 is 9.59 Å². The van der Waals surface area contributed by atoms with Crippen LogP contribution in [0.25, 0.3) is 0 Å². The van der Waals surface area contributed by atoms with Crippen molar-refractivity contribution in [3.05, 3.63) is 113 Å². The Morgan fingerprint density at radius 1 is 0.802 bits per heavy atom. The van der Waals surface area contributed by atoms with E-state index in [4.69, 9.17) is 48.4 Å². The van der Waals surface area contributed by atoms with Gasteiger partial charge in [0.15, 0.2) is 11.4 Å². The number of hydrogen-bond acceptors (Lipinski definition) is 21. The van der Waals surface area contributed by atoms with Crippen LogP contribution in [0.2, 0.25) is 0 Å². The fourth-order valence-corrected chi connectivity index (χ4v) is 14.1. The molecule has 0 unspecified atom stereocenters. The van der Waals surface area contributed by atoms with Crippen molar-refractivity contribution in [3.63, 3.8) is 0 Å². The van der Waals surface area contributed by atoms with E-state index in [1.807, 2.05) is 34.6 Å². The van der Waals surface area contributed by atoms with Gasteiger partial charge >= 0.3 is 42.2 Å². The number of hydrogen-bond donors (Lipinski definition) is 7. The number of alkyl carbamates (subject to hydrolysis) is 1. The molecule has 4 aliphatic rings. The first-order chi connectivity index (χ1) is 47.2. The number of ketones is 1. The molecule has 0 spiro atoms. The number of fused-ring (bicyclic) bond motifs is 5. The maximum absolute atomic E-state index is 16.0. The topological polar surface area (TPSA) is 367 Å². The summed E-state index contributed by atoms with van der Waals surface area (Å²) in [6.07, 6.45) is -11.8. The van der Waals surface area contributed by atoms with E-state index in [0.29, 0.717) is 17.7 Å². The SMILES string of the molecule is CO[C@H]1C(=O)[C@]2(C)[C@@H](OC)C[C@H]3OC[C@@]3(OC(C)=O)[C@H]2[C@H](OC(=O)c2ccccc2)[C@]2(O)C[C@H](OC(=O)[C@H](OC(=O)N(C)CCN(C)C(=O)OCc3ccc(NC(=O)[C@H](CCCNC(N)=O)NC(=O)[C@@H](NC(C)(C)C)C(C)C)cc3)[C@@H](NC(=O)OC(C)(C)C)c3ccccc3)C(C)=C1C2(C)C. The zero-order chi connectivity index (χ0) is 74.9. The maximum Gasteiger partial charge on any atom is 0.410 e. The van der Waals surface area contributed by atoms with Gasteiger partial charge in [-0.2, -0.15) is 0 Å². The molecule has 3 aliphatic carbocycles. The number of nitrogens with one attached hydrogen (secondary N) is 5. The molecule has 3 aromatic carbocycles. The first-order valence-corrected chi connectivity index (χ1v) is 33.9. The number of carbonyl (C=O) groups is 10. The molecule has 28 nitrogen and oxygen atoms in total. The molecule has 3 aromatic rings. The minimum Gasteiger partial charge on any atom is -0.455 e. The summed E-state index contributed by atoms with van der Waals surface area (Å²) in [5.41, 5.74) is -2.06. The standard InChI is InChI=1S/C73H102N8O20/c1-41(2)53(79-68(5,6)7)61(85)77-48(29-24-34-75-64(74)88)60(84)76-47-32-30-44(31-33-47)39-95-66(90)80(14)35-36-81(15)67(91)98-56(54(45-25-20-18-21-26-45)78-65(89)101-69(8,9)10)63(87)97-49-38-73(92)59(99-62(86)46-27-22-19-23-28-46)57-71(13,58(83)55(94-17)52(42(49)3)70(73,11)12)50(93-16)37-51-72(57,40-96-51)100-43(4)82/h18-23,25-28,30-33,41,48-51,53-57,59,79,92H,24,29,34-40H2,1-17H3,(H,76,84)(H,77,85)(H,78,89)(H3,74,75,88)/t48-,49-,50-,51+,53-,54-,55+,56+,57-,59-,71+,72-,73+/m0/s1. The van der Waals surface area contributed by atoms with E-state index < -0.39 is 154 Å². The summed E-state index contributed by atoms with van der Waals surface area (Å²) in [7, 11) is 5.50. The van der Waals surface area contributed by atoms with Crippen LogP contribution >= 0.6 is 0 Å². The Bertz CT molecular complexity index is 3520. The molecular formula is C73H102N8O20. The molecule has 7 amide bonds. The van der Waals surface area contributed by atoms with Crippen LogP contribution in [-0.4, -0.2) is 200 Å². The average Bonchev–Trinajstić information content (AvgIpc) is 0.669. The van der Waals surface area contributed by atoms with Crippen molar-refractivity contribution >= 4 is 65.5 Å². The fourth-order valence-electron chi connectivity index (χ4n) is 14.1. The van der Waals surface area contributed by atoms with Gasteiger partial charge in [-0.25, -0.2) is 28.8 Å². The number of nitrogens with two attached hydrogens (primary N) is 1. The van der Waals surface area contributed by atoms with E-state index in [2.05, 4.69) is 26.6 Å². The Morgan fingerprint density at radius 2 is 1.42 bits per heavy atom. The van der Waals surface area contributed by atoms with Crippen molar-refractivity contribution in [2.24, 2.45) is 28.4 Å². The van der Waals surface area contributed by atoms with Gasteiger partial charge in [0.1, 0.15) is 54.3 Å². The molecule has 1 heterocycles. The zero-order valence-electron chi connectivity index (χ0n) is 61.0. The van der Waals surface area contributed by atoms with Gasteiger partial charge in [-0.15, -0.1) is 0 Å². The number of Topliss-reactive ketones (excluding diaryl/α,β-unsaturated/α-hetero) is 1. The molecule has 8 N–H and O–H groups in total. The molecule has 7 rings (SSSR count). The Balaban J connectivity index is 1.14. The number of primary amides is 1. The lowest BCUT2D eigenvalue weighted by atomic mass is 9.44. The predicted molar refractivity (Wildman–Crippen MR) is 368 cm³/mol. The van der Waals surface area contributed by atoms with Gasteiger partial charge in [0.05, 0.1) is 35.6 Å². The number of methoxy groups -OCH3 is 2. The largest absolute Gasteiger partial charge is 0.455 e. The Morgan fingerprint density at radius 3 is 1.96 bits per heavy atom. The number of carbonyl (C=O) groups excluding carboxylic acids is 10. The van der Waals surface area contributed by atoms with Crippen LogP contribution in [0.4, 0.5) is 24.9 Å². The monoisotopic (exact) mass is 1410 g/mol. The Kier molecular flexibility index (Phi) is 25.6. The number of anilines is 1. The summed E-state index contributed by atoms with van der Waals surface area (Å²) in [5.74, 6) is -5.93. The number of ether oxygens (including phenoxy) is 9.